The molecular weight excluding hydrogens is 211 g/mol. The molecule has 0 amide bonds. The molecule has 0 fully saturated rings. The van der Waals surface area contributed by atoms with Gasteiger partial charge in [0.25, 0.3) is 0 Å². The molecule has 0 heterocycles. The Morgan fingerprint density at radius 2 is 1.65 bits per heavy atom. The normalized spacial score (nSPS) is 9.88. The predicted octanol–water partition coefficient (Wildman–Crippen LogP) is 1.84. The molecule has 0 saturated carbocycles. The minimum Gasteiger partial charge on any atom is -0.457 e. The average Bonchev–Trinajstić information content (AvgIpc) is 2.38. The molecule has 3 heteroatoms. The highest BCUT2D eigenvalue weighted by Crippen LogP contribution is 2.05. The van der Waals surface area contributed by atoms with Crippen LogP contribution in [0, 0.1) is 0 Å². The maximum atomic E-state index is 11.7. The van der Waals surface area contributed by atoms with Crippen LogP contribution in [0.1, 0.15) is 15.9 Å². The van der Waals surface area contributed by atoms with Gasteiger partial charge in [-0.25, -0.2) is 4.79 Å². The van der Waals surface area contributed by atoms with Crippen molar-refractivity contribution in [3.63, 3.8) is 0 Å². The molecule has 0 aliphatic heterocycles. The Kier molecular flexibility index (Phi) is 3.60. The number of esters is 1. The zero-order chi connectivity index (χ0) is 12.1. The van der Waals surface area contributed by atoms with E-state index >= 15 is 0 Å². The maximum absolute atomic E-state index is 11.7. The van der Waals surface area contributed by atoms with Crippen molar-refractivity contribution in [2.75, 3.05) is 0 Å². The Hall–Kier alpha value is -2.03. The number of carbonyl (C=O) groups excluding carboxylic acids is 1. The Morgan fingerprint density at radius 1 is 1.00 bits per heavy atom. The highest BCUT2D eigenvalue weighted by Gasteiger charge is 2.06. The van der Waals surface area contributed by atoms with Crippen molar-refractivity contribution >= 4 is 19.3 Å². The van der Waals surface area contributed by atoms with Gasteiger partial charge in [-0.05, 0) is 17.7 Å². The van der Waals surface area contributed by atoms with Crippen LogP contribution in [0.5, 0.6) is 0 Å². The van der Waals surface area contributed by atoms with Gasteiger partial charge in [0.05, 0.1) is 5.56 Å². The van der Waals surface area contributed by atoms with Gasteiger partial charge in [0.15, 0.2) is 0 Å². The van der Waals surface area contributed by atoms with Crippen LogP contribution < -0.4 is 5.46 Å². The molecule has 0 atom stereocenters. The van der Waals surface area contributed by atoms with Crippen LogP contribution in [-0.4, -0.2) is 13.8 Å². The summed E-state index contributed by atoms with van der Waals surface area (Å²) in [6.07, 6.45) is 0. The van der Waals surface area contributed by atoms with Crippen molar-refractivity contribution < 1.29 is 9.53 Å². The third-order valence-electron chi connectivity index (χ3n) is 2.36. The Labute approximate surface area is 102 Å². The summed E-state index contributed by atoms with van der Waals surface area (Å²) < 4.78 is 5.17. The maximum Gasteiger partial charge on any atom is 0.338 e. The number of benzene rings is 2. The molecular formula is C14H11BO2. The van der Waals surface area contributed by atoms with E-state index in [4.69, 9.17) is 12.6 Å². The second-order valence-electron chi connectivity index (χ2n) is 3.68. The fraction of sp³-hybridized carbons (Fsp3) is 0.0714. The zero-order valence-corrected chi connectivity index (χ0v) is 9.30. The summed E-state index contributed by atoms with van der Waals surface area (Å²) in [6.45, 7) is 0.282. The fourth-order valence-electron chi connectivity index (χ4n) is 1.43. The van der Waals surface area contributed by atoms with E-state index in [1.54, 1.807) is 24.3 Å². The van der Waals surface area contributed by atoms with E-state index in [-0.39, 0.29) is 12.6 Å². The van der Waals surface area contributed by atoms with E-state index in [0.29, 0.717) is 11.0 Å². The van der Waals surface area contributed by atoms with Crippen molar-refractivity contribution in [1.82, 2.24) is 0 Å². The molecule has 0 aliphatic carbocycles. The van der Waals surface area contributed by atoms with E-state index < -0.39 is 0 Å². The molecule has 2 aromatic carbocycles. The number of carbonyl (C=O) groups is 1. The Morgan fingerprint density at radius 3 is 2.29 bits per heavy atom. The van der Waals surface area contributed by atoms with Crippen molar-refractivity contribution in [3.05, 3.63) is 65.7 Å². The van der Waals surface area contributed by atoms with E-state index in [2.05, 4.69) is 0 Å². The van der Waals surface area contributed by atoms with Crippen LogP contribution >= 0.6 is 0 Å². The minimum atomic E-state index is -0.339. The molecule has 82 valence electrons. The molecule has 2 radical (unpaired) electrons. The second kappa shape index (κ2) is 5.35. The van der Waals surface area contributed by atoms with Crippen molar-refractivity contribution in [2.45, 2.75) is 6.61 Å². The summed E-state index contributed by atoms with van der Waals surface area (Å²) in [7, 11) is 5.54. The molecule has 0 spiro atoms. The Bertz CT molecular complexity index is 491. The molecule has 2 rings (SSSR count). The quantitative estimate of drug-likeness (QED) is 0.585. The van der Waals surface area contributed by atoms with E-state index in [9.17, 15) is 4.79 Å². The molecule has 2 aromatic rings. The molecule has 2 nitrogen and oxygen atoms in total. The Balaban J connectivity index is 1.96. The van der Waals surface area contributed by atoms with Gasteiger partial charge in [-0.2, -0.15) is 0 Å². The first-order valence-corrected chi connectivity index (χ1v) is 5.32. The molecule has 0 aromatic heterocycles. The van der Waals surface area contributed by atoms with Crippen LogP contribution in [0.3, 0.4) is 0 Å². The summed E-state index contributed by atoms with van der Waals surface area (Å²) in [5, 5.41) is 0. The lowest BCUT2D eigenvalue weighted by Crippen LogP contribution is -2.08. The number of hydrogen-bond donors (Lipinski definition) is 0. The molecule has 0 saturated heterocycles. The average molecular weight is 222 g/mol. The molecule has 0 aliphatic rings. The summed E-state index contributed by atoms with van der Waals surface area (Å²) in [6, 6.07) is 16.2. The molecule has 0 bridgehead atoms. The zero-order valence-electron chi connectivity index (χ0n) is 9.30. The summed E-state index contributed by atoms with van der Waals surface area (Å²) in [5.74, 6) is -0.339. The molecule has 17 heavy (non-hydrogen) atoms. The SMILES string of the molecule is [B]c1ccc(C(=O)OCc2ccccc2)cc1. The lowest BCUT2D eigenvalue weighted by atomic mass is 9.95. The standard InChI is InChI=1S/C14H11BO2/c15-13-8-6-12(7-9-13)14(16)17-10-11-4-2-1-3-5-11/h1-9H,10H2. The summed E-state index contributed by atoms with van der Waals surface area (Å²) >= 11 is 0. The predicted molar refractivity (Wildman–Crippen MR) is 67.4 cm³/mol. The van der Waals surface area contributed by atoms with Gasteiger partial charge < -0.3 is 4.74 Å². The van der Waals surface area contributed by atoms with Gasteiger partial charge in [0.1, 0.15) is 14.5 Å². The molecule has 0 N–H and O–H groups in total. The summed E-state index contributed by atoms with van der Waals surface area (Å²) in [4.78, 5) is 11.7. The van der Waals surface area contributed by atoms with Gasteiger partial charge in [0, 0.05) is 0 Å². The first-order valence-electron chi connectivity index (χ1n) is 5.32. The van der Waals surface area contributed by atoms with E-state index in [1.807, 2.05) is 30.3 Å². The van der Waals surface area contributed by atoms with Crippen LogP contribution in [0.15, 0.2) is 54.6 Å². The van der Waals surface area contributed by atoms with Gasteiger partial charge in [-0.3, -0.25) is 0 Å². The van der Waals surface area contributed by atoms with Crippen molar-refractivity contribution in [3.8, 4) is 0 Å². The van der Waals surface area contributed by atoms with Gasteiger partial charge >= 0.3 is 5.97 Å². The topological polar surface area (TPSA) is 26.3 Å². The molecule has 0 unspecified atom stereocenters. The van der Waals surface area contributed by atoms with Crippen LogP contribution in [-0.2, 0) is 11.3 Å². The first-order chi connectivity index (χ1) is 8.25. The lowest BCUT2D eigenvalue weighted by Gasteiger charge is -2.05. The highest BCUT2D eigenvalue weighted by atomic mass is 16.5. The first kappa shape index (κ1) is 11.5. The minimum absolute atomic E-state index is 0.282. The fourth-order valence-corrected chi connectivity index (χ4v) is 1.43. The van der Waals surface area contributed by atoms with Crippen LogP contribution in [0.2, 0.25) is 0 Å². The largest absolute Gasteiger partial charge is 0.457 e. The number of ether oxygens (including phenoxy) is 1. The van der Waals surface area contributed by atoms with Gasteiger partial charge in [-0.15, -0.1) is 0 Å². The lowest BCUT2D eigenvalue weighted by molar-refractivity contribution is 0.0473. The third-order valence-corrected chi connectivity index (χ3v) is 2.36. The smallest absolute Gasteiger partial charge is 0.338 e. The number of rotatable bonds is 3. The monoisotopic (exact) mass is 222 g/mol. The van der Waals surface area contributed by atoms with Crippen LogP contribution in [0.25, 0.3) is 0 Å². The highest BCUT2D eigenvalue weighted by molar-refractivity contribution is 6.32. The van der Waals surface area contributed by atoms with Gasteiger partial charge in [-0.1, -0.05) is 47.9 Å². The second-order valence-corrected chi connectivity index (χ2v) is 3.68. The summed E-state index contributed by atoms with van der Waals surface area (Å²) in [5.41, 5.74) is 2.11. The van der Waals surface area contributed by atoms with E-state index in [1.165, 1.54) is 0 Å². The van der Waals surface area contributed by atoms with Gasteiger partial charge in [0.2, 0.25) is 0 Å². The number of hydrogen-bond acceptors (Lipinski definition) is 2. The van der Waals surface area contributed by atoms with Crippen LogP contribution in [0.4, 0.5) is 0 Å². The third kappa shape index (κ3) is 3.21. The van der Waals surface area contributed by atoms with Crippen molar-refractivity contribution in [2.24, 2.45) is 0 Å². The van der Waals surface area contributed by atoms with Crippen molar-refractivity contribution in [1.29, 1.82) is 0 Å². The van der Waals surface area contributed by atoms with E-state index in [0.717, 1.165) is 5.56 Å².